The van der Waals surface area contributed by atoms with Gasteiger partial charge in [-0.25, -0.2) is 9.69 Å². The van der Waals surface area contributed by atoms with Crippen molar-refractivity contribution in [2.75, 3.05) is 11.5 Å². The van der Waals surface area contributed by atoms with Crippen LogP contribution in [0.2, 0.25) is 0 Å². The Labute approximate surface area is 173 Å². The number of para-hydroxylation sites is 1. The van der Waals surface area contributed by atoms with Crippen molar-refractivity contribution >= 4 is 23.5 Å². The number of hydrogen-bond donors (Lipinski definition) is 0. The molecule has 0 aromatic heterocycles. The molecule has 3 aromatic carbocycles. The smallest absolute Gasteiger partial charge is 0.349 e. The summed E-state index contributed by atoms with van der Waals surface area (Å²) >= 11 is 0. The topological polar surface area (TPSA) is 72.9 Å². The van der Waals surface area contributed by atoms with E-state index in [1.165, 1.54) is 6.07 Å². The van der Waals surface area contributed by atoms with Crippen molar-refractivity contribution in [1.82, 2.24) is 0 Å². The van der Waals surface area contributed by atoms with Gasteiger partial charge in [-0.05, 0) is 42.3 Å². The van der Waals surface area contributed by atoms with Crippen LogP contribution < -0.4 is 14.4 Å². The Balaban J connectivity index is 1.46. The average Bonchev–Trinajstić information content (AvgIpc) is 3.03. The van der Waals surface area contributed by atoms with Crippen LogP contribution in [0.5, 0.6) is 11.5 Å². The summed E-state index contributed by atoms with van der Waals surface area (Å²) < 4.78 is 10.9. The maximum Gasteiger partial charge on any atom is 0.349 e. The number of aryl methyl sites for hydroxylation is 1. The van der Waals surface area contributed by atoms with Crippen molar-refractivity contribution in [3.8, 4) is 11.5 Å². The lowest BCUT2D eigenvalue weighted by Crippen LogP contribution is -2.29. The molecule has 0 N–H and O–H groups in total. The zero-order chi connectivity index (χ0) is 21.1. The summed E-state index contributed by atoms with van der Waals surface area (Å²) in [5.74, 6) is -0.532. The van der Waals surface area contributed by atoms with Gasteiger partial charge >= 0.3 is 5.97 Å². The molecule has 1 aliphatic rings. The summed E-state index contributed by atoms with van der Waals surface area (Å²) in [7, 11) is 0. The first kappa shape index (κ1) is 19.4. The summed E-state index contributed by atoms with van der Waals surface area (Å²) in [6, 6.07) is 20.4. The number of amides is 2. The third kappa shape index (κ3) is 3.67. The molecule has 1 aliphatic heterocycles. The minimum atomic E-state index is -0.583. The number of benzene rings is 3. The van der Waals surface area contributed by atoms with Gasteiger partial charge in [0.25, 0.3) is 11.8 Å². The van der Waals surface area contributed by atoms with Gasteiger partial charge in [0.2, 0.25) is 0 Å². The first-order valence-electron chi connectivity index (χ1n) is 9.57. The van der Waals surface area contributed by atoms with Gasteiger partial charge in [0.15, 0.2) is 6.61 Å². The van der Waals surface area contributed by atoms with E-state index in [0.29, 0.717) is 22.6 Å². The Morgan fingerprint density at radius 3 is 2.23 bits per heavy atom. The Morgan fingerprint density at radius 1 is 0.867 bits per heavy atom. The highest BCUT2D eigenvalue weighted by atomic mass is 16.6. The van der Waals surface area contributed by atoms with E-state index >= 15 is 0 Å². The zero-order valence-electron chi connectivity index (χ0n) is 16.3. The number of hydrogen-bond acceptors (Lipinski definition) is 5. The molecule has 4 rings (SSSR count). The van der Waals surface area contributed by atoms with Crippen LogP contribution in [0, 0.1) is 0 Å². The summed E-state index contributed by atoms with van der Waals surface area (Å²) in [5, 5.41) is 0. The van der Waals surface area contributed by atoms with Crippen LogP contribution in [-0.2, 0) is 11.2 Å². The van der Waals surface area contributed by atoms with Crippen LogP contribution in [0.1, 0.15) is 33.2 Å². The highest BCUT2D eigenvalue weighted by Gasteiger charge is 2.36. The van der Waals surface area contributed by atoms with E-state index < -0.39 is 17.8 Å². The second-order valence-electron chi connectivity index (χ2n) is 6.71. The number of nitrogens with zero attached hydrogens (tertiary/aromatic N) is 1. The maximum atomic E-state index is 12.6. The normalized spacial score (nSPS) is 12.6. The molecule has 0 spiro atoms. The molecule has 30 heavy (non-hydrogen) atoms. The summed E-state index contributed by atoms with van der Waals surface area (Å²) in [6.07, 6.45) is 0.785. The maximum absolute atomic E-state index is 12.6. The molecule has 0 saturated heterocycles. The molecule has 0 unspecified atom stereocenters. The number of anilines is 1. The highest BCUT2D eigenvalue weighted by Crippen LogP contribution is 2.30. The predicted octanol–water partition coefficient (Wildman–Crippen LogP) is 4.03. The standard InChI is InChI=1S/C24H19NO5/c1-2-16-8-3-6-13-21(16)29-15-22(26)30-18-10-7-9-17(14-18)25-23(27)19-11-4-5-12-20(19)24(25)28/h3-14H,2,15H2,1H3. The van der Waals surface area contributed by atoms with Crippen LogP contribution >= 0.6 is 0 Å². The average molecular weight is 401 g/mol. The monoisotopic (exact) mass is 401 g/mol. The molecule has 0 bridgehead atoms. The fraction of sp³-hybridized carbons (Fsp3) is 0.125. The van der Waals surface area contributed by atoms with E-state index in [2.05, 4.69) is 0 Å². The minimum absolute atomic E-state index is 0.224. The third-order valence-electron chi connectivity index (χ3n) is 4.80. The van der Waals surface area contributed by atoms with E-state index in [4.69, 9.17) is 9.47 Å². The van der Waals surface area contributed by atoms with E-state index in [9.17, 15) is 14.4 Å². The summed E-state index contributed by atoms with van der Waals surface area (Å²) in [5.41, 5.74) is 2.04. The zero-order valence-corrected chi connectivity index (χ0v) is 16.3. The van der Waals surface area contributed by atoms with Crippen LogP contribution in [0.15, 0.2) is 72.8 Å². The molecule has 0 atom stereocenters. The molecule has 150 valence electrons. The number of carbonyl (C=O) groups is 3. The Morgan fingerprint density at radius 2 is 1.53 bits per heavy atom. The summed E-state index contributed by atoms with van der Waals surface area (Å²) in [4.78, 5) is 38.6. The second kappa shape index (κ2) is 8.21. The molecular formula is C24H19NO5. The fourth-order valence-corrected chi connectivity index (χ4v) is 3.34. The number of imide groups is 1. The largest absolute Gasteiger partial charge is 0.482 e. The molecule has 6 heteroatoms. The lowest BCUT2D eigenvalue weighted by molar-refractivity contribution is -0.136. The lowest BCUT2D eigenvalue weighted by Gasteiger charge is -2.15. The van der Waals surface area contributed by atoms with E-state index in [1.54, 1.807) is 48.5 Å². The summed E-state index contributed by atoms with van der Waals surface area (Å²) in [6.45, 7) is 1.75. The minimum Gasteiger partial charge on any atom is -0.482 e. The van der Waals surface area contributed by atoms with Gasteiger partial charge in [0.1, 0.15) is 11.5 Å². The number of rotatable bonds is 6. The van der Waals surface area contributed by atoms with Crippen molar-refractivity contribution in [3.63, 3.8) is 0 Å². The molecule has 1 heterocycles. The number of esters is 1. The van der Waals surface area contributed by atoms with Crippen molar-refractivity contribution in [2.24, 2.45) is 0 Å². The van der Waals surface area contributed by atoms with Gasteiger partial charge in [0.05, 0.1) is 16.8 Å². The van der Waals surface area contributed by atoms with Gasteiger partial charge in [-0.1, -0.05) is 43.3 Å². The van der Waals surface area contributed by atoms with Crippen LogP contribution in [-0.4, -0.2) is 24.4 Å². The molecule has 0 fully saturated rings. The van der Waals surface area contributed by atoms with Crippen molar-refractivity contribution < 1.29 is 23.9 Å². The van der Waals surface area contributed by atoms with Gasteiger partial charge in [0, 0.05) is 6.07 Å². The Kier molecular flexibility index (Phi) is 5.30. The molecule has 6 nitrogen and oxygen atoms in total. The quantitative estimate of drug-likeness (QED) is 0.354. The van der Waals surface area contributed by atoms with Crippen molar-refractivity contribution in [2.45, 2.75) is 13.3 Å². The SMILES string of the molecule is CCc1ccccc1OCC(=O)Oc1cccc(N2C(=O)c3ccccc3C2=O)c1. The fourth-order valence-electron chi connectivity index (χ4n) is 3.34. The Bertz CT molecular complexity index is 1100. The molecule has 0 aliphatic carbocycles. The van der Waals surface area contributed by atoms with E-state index in [0.717, 1.165) is 16.9 Å². The van der Waals surface area contributed by atoms with Crippen molar-refractivity contribution in [1.29, 1.82) is 0 Å². The second-order valence-corrected chi connectivity index (χ2v) is 6.71. The molecular weight excluding hydrogens is 382 g/mol. The Hall–Kier alpha value is -3.93. The molecule has 3 aromatic rings. The van der Waals surface area contributed by atoms with Gasteiger partial charge in [-0.2, -0.15) is 0 Å². The first-order valence-corrected chi connectivity index (χ1v) is 9.57. The molecule has 0 radical (unpaired) electrons. The number of carbonyl (C=O) groups excluding carboxylic acids is 3. The predicted molar refractivity (Wildman–Crippen MR) is 111 cm³/mol. The van der Waals surface area contributed by atoms with Crippen LogP contribution in [0.4, 0.5) is 5.69 Å². The van der Waals surface area contributed by atoms with E-state index in [1.807, 2.05) is 25.1 Å². The van der Waals surface area contributed by atoms with Crippen molar-refractivity contribution in [3.05, 3.63) is 89.5 Å². The number of fused-ring (bicyclic) bond motifs is 1. The highest BCUT2D eigenvalue weighted by molar-refractivity contribution is 6.34. The van der Waals surface area contributed by atoms with Gasteiger partial charge < -0.3 is 9.47 Å². The van der Waals surface area contributed by atoms with Crippen LogP contribution in [0.3, 0.4) is 0 Å². The molecule has 0 saturated carbocycles. The number of ether oxygens (including phenoxy) is 2. The van der Waals surface area contributed by atoms with Gasteiger partial charge in [-0.15, -0.1) is 0 Å². The lowest BCUT2D eigenvalue weighted by atomic mass is 10.1. The van der Waals surface area contributed by atoms with E-state index in [-0.39, 0.29) is 12.4 Å². The molecule has 2 amide bonds. The van der Waals surface area contributed by atoms with Gasteiger partial charge in [-0.3, -0.25) is 9.59 Å². The third-order valence-corrected chi connectivity index (χ3v) is 4.80. The first-order chi connectivity index (χ1) is 14.6. The van der Waals surface area contributed by atoms with Crippen LogP contribution in [0.25, 0.3) is 0 Å².